The second-order valence-electron chi connectivity index (χ2n) is 6.04. The molecule has 1 amide bonds. The van der Waals surface area contributed by atoms with Crippen LogP contribution in [0.1, 0.15) is 15.9 Å². The van der Waals surface area contributed by atoms with Gasteiger partial charge in [0.05, 0.1) is 26.1 Å². The lowest BCUT2D eigenvalue weighted by atomic mass is 10.2. The lowest BCUT2D eigenvalue weighted by Gasteiger charge is -2.11. The second kappa shape index (κ2) is 8.63. The molecule has 0 saturated carbocycles. The van der Waals surface area contributed by atoms with E-state index in [1.807, 2.05) is 25.1 Å². The molecule has 0 aliphatic carbocycles. The molecule has 0 aliphatic heterocycles. The van der Waals surface area contributed by atoms with Crippen LogP contribution in [0.2, 0.25) is 5.02 Å². The van der Waals surface area contributed by atoms with Gasteiger partial charge in [0.1, 0.15) is 5.82 Å². The van der Waals surface area contributed by atoms with Crippen LogP contribution >= 0.6 is 11.6 Å². The molecule has 6 nitrogen and oxygen atoms in total. The monoisotopic (exact) mass is 397 g/mol. The largest absolute Gasteiger partial charge is 0.493 e. The van der Waals surface area contributed by atoms with Crippen LogP contribution in [-0.4, -0.2) is 25.1 Å². The average Bonchev–Trinajstić information content (AvgIpc) is 2.70. The summed E-state index contributed by atoms with van der Waals surface area (Å²) in [5, 5.41) is 6.72. The molecule has 1 heterocycles. The zero-order valence-electron chi connectivity index (χ0n) is 15.7. The number of aromatic nitrogens is 1. The molecule has 28 heavy (non-hydrogen) atoms. The van der Waals surface area contributed by atoms with Crippen molar-refractivity contribution in [3.8, 4) is 11.5 Å². The molecule has 0 radical (unpaired) electrons. The van der Waals surface area contributed by atoms with E-state index in [1.165, 1.54) is 7.11 Å². The van der Waals surface area contributed by atoms with Crippen molar-refractivity contribution < 1.29 is 14.3 Å². The summed E-state index contributed by atoms with van der Waals surface area (Å²) >= 11 is 5.98. The first-order valence-electron chi connectivity index (χ1n) is 8.53. The Morgan fingerprint density at radius 3 is 2.43 bits per heavy atom. The highest BCUT2D eigenvalue weighted by atomic mass is 35.5. The normalized spacial score (nSPS) is 10.3. The fourth-order valence-electron chi connectivity index (χ4n) is 2.63. The van der Waals surface area contributed by atoms with Crippen molar-refractivity contribution in [1.82, 2.24) is 4.98 Å². The number of anilines is 3. The van der Waals surface area contributed by atoms with Crippen LogP contribution in [0.4, 0.5) is 17.2 Å². The van der Waals surface area contributed by atoms with E-state index in [9.17, 15) is 4.79 Å². The first-order chi connectivity index (χ1) is 13.5. The molecule has 1 aromatic heterocycles. The number of rotatable bonds is 6. The predicted octanol–water partition coefficient (Wildman–Crippen LogP) is 5.06. The topological polar surface area (TPSA) is 72.5 Å². The number of nitrogens with one attached hydrogen (secondary N) is 2. The number of hydrogen-bond donors (Lipinski definition) is 2. The molecule has 2 aromatic carbocycles. The maximum absolute atomic E-state index is 12.5. The first kappa shape index (κ1) is 19.5. The average molecular weight is 398 g/mol. The van der Waals surface area contributed by atoms with Gasteiger partial charge in [-0.25, -0.2) is 4.98 Å². The molecule has 0 bridgehead atoms. The first-order valence-corrected chi connectivity index (χ1v) is 8.90. The third-order valence-corrected chi connectivity index (χ3v) is 4.35. The van der Waals surface area contributed by atoms with E-state index in [0.717, 1.165) is 11.3 Å². The summed E-state index contributed by atoms with van der Waals surface area (Å²) in [4.78, 5) is 16.8. The quantitative estimate of drug-likeness (QED) is 0.608. The van der Waals surface area contributed by atoms with Gasteiger partial charge in [-0.3, -0.25) is 4.79 Å². The lowest BCUT2D eigenvalue weighted by Crippen LogP contribution is -2.12. The standard InChI is InChI=1S/C21H20ClN3O3/c1-13-10-15(22)5-7-17(13)25-20-9-6-16(12-23-20)24-21(26)14-4-8-18(27-2)19(11-14)28-3/h4-12H,1-3H3,(H,23,25)(H,24,26). The third-order valence-electron chi connectivity index (χ3n) is 4.12. The van der Waals surface area contributed by atoms with Gasteiger partial charge in [-0.1, -0.05) is 11.6 Å². The van der Waals surface area contributed by atoms with E-state index >= 15 is 0 Å². The molecule has 7 heteroatoms. The Bertz CT molecular complexity index is 991. The molecule has 0 unspecified atom stereocenters. The number of aryl methyl sites for hydroxylation is 1. The van der Waals surface area contributed by atoms with Crippen molar-refractivity contribution in [2.24, 2.45) is 0 Å². The van der Waals surface area contributed by atoms with Crippen molar-refractivity contribution in [3.63, 3.8) is 0 Å². The van der Waals surface area contributed by atoms with Gasteiger partial charge >= 0.3 is 0 Å². The third kappa shape index (κ3) is 4.53. The van der Waals surface area contributed by atoms with Crippen molar-refractivity contribution in [3.05, 3.63) is 70.9 Å². The van der Waals surface area contributed by atoms with Gasteiger partial charge < -0.3 is 20.1 Å². The van der Waals surface area contributed by atoms with Gasteiger partial charge in [0.15, 0.2) is 11.5 Å². The minimum absolute atomic E-state index is 0.267. The van der Waals surface area contributed by atoms with Gasteiger partial charge in [-0.15, -0.1) is 0 Å². The number of carbonyl (C=O) groups excluding carboxylic acids is 1. The lowest BCUT2D eigenvalue weighted by molar-refractivity contribution is 0.102. The molecule has 0 saturated heterocycles. The highest BCUT2D eigenvalue weighted by Crippen LogP contribution is 2.28. The number of benzene rings is 2. The Kier molecular flexibility index (Phi) is 6.01. The molecular formula is C21H20ClN3O3. The van der Waals surface area contributed by atoms with E-state index in [4.69, 9.17) is 21.1 Å². The minimum Gasteiger partial charge on any atom is -0.493 e. The number of hydrogen-bond acceptors (Lipinski definition) is 5. The van der Waals surface area contributed by atoms with Gasteiger partial charge in [0.25, 0.3) is 5.91 Å². The summed E-state index contributed by atoms with van der Waals surface area (Å²) in [6, 6.07) is 14.1. The summed E-state index contributed by atoms with van der Waals surface area (Å²) in [6.07, 6.45) is 1.59. The minimum atomic E-state index is -0.267. The summed E-state index contributed by atoms with van der Waals surface area (Å²) in [7, 11) is 3.07. The Morgan fingerprint density at radius 1 is 1.00 bits per heavy atom. The molecule has 2 N–H and O–H groups in total. The highest BCUT2D eigenvalue weighted by molar-refractivity contribution is 6.30. The van der Waals surface area contributed by atoms with E-state index in [1.54, 1.807) is 43.6 Å². The SMILES string of the molecule is COc1ccc(C(=O)Nc2ccc(Nc3ccc(Cl)cc3C)nc2)cc1OC. The van der Waals surface area contributed by atoms with Crippen molar-refractivity contribution in [2.75, 3.05) is 24.9 Å². The van der Waals surface area contributed by atoms with Crippen molar-refractivity contribution >= 4 is 34.7 Å². The molecular weight excluding hydrogens is 378 g/mol. The summed E-state index contributed by atoms with van der Waals surface area (Å²) < 4.78 is 10.4. The van der Waals surface area contributed by atoms with Crippen molar-refractivity contribution in [1.29, 1.82) is 0 Å². The van der Waals surface area contributed by atoms with Gasteiger partial charge in [0, 0.05) is 16.3 Å². The Morgan fingerprint density at radius 2 is 1.79 bits per heavy atom. The smallest absolute Gasteiger partial charge is 0.255 e. The Hall–Kier alpha value is -3.25. The van der Waals surface area contributed by atoms with Gasteiger partial charge in [-0.05, 0) is 61.0 Å². The van der Waals surface area contributed by atoms with Crippen LogP contribution in [0.3, 0.4) is 0 Å². The molecule has 0 aliphatic rings. The van der Waals surface area contributed by atoms with E-state index < -0.39 is 0 Å². The number of methoxy groups -OCH3 is 2. The number of pyridine rings is 1. The summed E-state index contributed by atoms with van der Waals surface area (Å²) in [5.74, 6) is 1.45. The van der Waals surface area contributed by atoms with E-state index in [2.05, 4.69) is 15.6 Å². The highest BCUT2D eigenvalue weighted by Gasteiger charge is 2.11. The van der Waals surface area contributed by atoms with Crippen LogP contribution in [-0.2, 0) is 0 Å². The summed E-state index contributed by atoms with van der Waals surface area (Å²) in [5.41, 5.74) is 2.97. The van der Waals surface area contributed by atoms with Gasteiger partial charge in [-0.2, -0.15) is 0 Å². The van der Waals surface area contributed by atoms with E-state index in [0.29, 0.717) is 33.6 Å². The molecule has 0 spiro atoms. The number of nitrogens with zero attached hydrogens (tertiary/aromatic N) is 1. The number of carbonyl (C=O) groups is 1. The molecule has 0 fully saturated rings. The number of ether oxygens (including phenoxy) is 2. The molecule has 3 aromatic rings. The van der Waals surface area contributed by atoms with Crippen molar-refractivity contribution in [2.45, 2.75) is 6.92 Å². The fourth-order valence-corrected chi connectivity index (χ4v) is 2.85. The fraction of sp³-hybridized carbons (Fsp3) is 0.143. The number of halogens is 1. The molecule has 3 rings (SSSR count). The van der Waals surface area contributed by atoms with E-state index in [-0.39, 0.29) is 5.91 Å². The molecule has 0 atom stereocenters. The van der Waals surface area contributed by atoms with Crippen LogP contribution < -0.4 is 20.1 Å². The summed E-state index contributed by atoms with van der Waals surface area (Å²) in [6.45, 7) is 1.96. The maximum atomic E-state index is 12.5. The van der Waals surface area contributed by atoms with Crippen LogP contribution in [0.15, 0.2) is 54.7 Å². The molecule has 144 valence electrons. The predicted molar refractivity (Wildman–Crippen MR) is 111 cm³/mol. The Balaban J connectivity index is 1.69. The number of amides is 1. The van der Waals surface area contributed by atoms with Crippen LogP contribution in [0.5, 0.6) is 11.5 Å². The second-order valence-corrected chi connectivity index (χ2v) is 6.48. The van der Waals surface area contributed by atoms with Gasteiger partial charge in [0.2, 0.25) is 0 Å². The van der Waals surface area contributed by atoms with Crippen LogP contribution in [0.25, 0.3) is 0 Å². The Labute approximate surface area is 168 Å². The van der Waals surface area contributed by atoms with Crippen LogP contribution in [0, 0.1) is 6.92 Å². The zero-order valence-corrected chi connectivity index (χ0v) is 16.5. The maximum Gasteiger partial charge on any atom is 0.255 e. The zero-order chi connectivity index (χ0) is 20.1.